The second-order valence-corrected chi connectivity index (χ2v) is 4.59. The van der Waals surface area contributed by atoms with Crippen LogP contribution in [0.15, 0.2) is 10.5 Å². The van der Waals surface area contributed by atoms with E-state index in [4.69, 9.17) is 16.7 Å². The van der Waals surface area contributed by atoms with Crippen molar-refractivity contribution < 1.29 is 23.1 Å². The maximum Gasteiger partial charge on any atom is 0.353 e. The summed E-state index contributed by atoms with van der Waals surface area (Å²) in [6, 6.07) is 0.943. The van der Waals surface area contributed by atoms with Gasteiger partial charge in [0, 0.05) is 0 Å². The van der Waals surface area contributed by atoms with Crippen LogP contribution in [0.1, 0.15) is 10.5 Å². The van der Waals surface area contributed by atoms with E-state index in [1.807, 2.05) is 0 Å². The molecular formula is C10H3BrClF3N2O2. The standard InChI is InChI=1S/C10H3BrClF3N2O2/c11-5-4(2-1-3(10(18)19)17-16-2)7(13)9(15)6(12)8(5)14/h1H,(H,16,17)(H,18,19). The summed E-state index contributed by atoms with van der Waals surface area (Å²) in [6.07, 6.45) is 0. The van der Waals surface area contributed by atoms with Crippen molar-refractivity contribution in [1.29, 1.82) is 0 Å². The van der Waals surface area contributed by atoms with Gasteiger partial charge in [0.15, 0.2) is 17.5 Å². The fourth-order valence-electron chi connectivity index (χ4n) is 1.39. The Bertz CT molecular complexity index is 661. The van der Waals surface area contributed by atoms with E-state index in [0.29, 0.717) is 0 Å². The van der Waals surface area contributed by atoms with E-state index in [0.717, 1.165) is 6.07 Å². The van der Waals surface area contributed by atoms with Crippen molar-refractivity contribution in [3.05, 3.63) is 38.7 Å². The fraction of sp³-hybridized carbons (Fsp3) is 0. The molecule has 0 spiro atoms. The Morgan fingerprint density at radius 1 is 1.32 bits per heavy atom. The van der Waals surface area contributed by atoms with Crippen LogP contribution in [0.2, 0.25) is 5.02 Å². The van der Waals surface area contributed by atoms with Gasteiger partial charge in [-0.25, -0.2) is 18.0 Å². The first kappa shape index (κ1) is 13.9. The number of hydrogen-bond donors (Lipinski definition) is 2. The molecule has 0 atom stereocenters. The van der Waals surface area contributed by atoms with Crippen molar-refractivity contribution in [3.8, 4) is 11.3 Å². The lowest BCUT2D eigenvalue weighted by Gasteiger charge is -2.07. The minimum absolute atomic E-state index is 0.267. The monoisotopic (exact) mass is 354 g/mol. The highest BCUT2D eigenvalue weighted by Gasteiger charge is 2.25. The van der Waals surface area contributed by atoms with Crippen LogP contribution in [-0.4, -0.2) is 21.3 Å². The van der Waals surface area contributed by atoms with Crippen LogP contribution in [0.3, 0.4) is 0 Å². The molecule has 100 valence electrons. The van der Waals surface area contributed by atoms with Gasteiger partial charge in [-0.3, -0.25) is 5.10 Å². The maximum atomic E-state index is 13.7. The van der Waals surface area contributed by atoms with E-state index in [1.54, 1.807) is 0 Å². The summed E-state index contributed by atoms with van der Waals surface area (Å²) >= 11 is 7.99. The summed E-state index contributed by atoms with van der Waals surface area (Å²) in [5.74, 6) is -5.54. The number of aromatic amines is 1. The van der Waals surface area contributed by atoms with Gasteiger partial charge in [-0.2, -0.15) is 5.10 Å². The minimum Gasteiger partial charge on any atom is -0.477 e. The van der Waals surface area contributed by atoms with E-state index in [1.165, 1.54) is 0 Å². The zero-order valence-electron chi connectivity index (χ0n) is 8.77. The van der Waals surface area contributed by atoms with E-state index < -0.39 is 38.5 Å². The average Bonchev–Trinajstić information content (AvgIpc) is 2.84. The molecule has 0 aliphatic heterocycles. The predicted octanol–water partition coefficient (Wildman–Crippen LogP) is 3.61. The number of aromatic carboxylic acids is 1. The smallest absolute Gasteiger partial charge is 0.353 e. The number of rotatable bonds is 2. The van der Waals surface area contributed by atoms with Gasteiger partial charge in [-0.05, 0) is 22.0 Å². The molecular weight excluding hydrogens is 352 g/mol. The molecule has 0 aliphatic carbocycles. The van der Waals surface area contributed by atoms with Gasteiger partial charge < -0.3 is 5.11 Å². The van der Waals surface area contributed by atoms with Crippen LogP contribution in [0.5, 0.6) is 0 Å². The van der Waals surface area contributed by atoms with Crippen LogP contribution in [-0.2, 0) is 0 Å². The molecule has 2 N–H and O–H groups in total. The number of aromatic nitrogens is 2. The third-order valence-electron chi connectivity index (χ3n) is 2.27. The normalized spacial score (nSPS) is 10.8. The molecule has 1 aromatic heterocycles. The van der Waals surface area contributed by atoms with Gasteiger partial charge in [0.2, 0.25) is 0 Å². The molecule has 0 radical (unpaired) electrons. The number of carbonyl (C=O) groups is 1. The largest absolute Gasteiger partial charge is 0.477 e. The van der Waals surface area contributed by atoms with Crippen molar-refractivity contribution in [2.24, 2.45) is 0 Å². The molecule has 2 rings (SSSR count). The Balaban J connectivity index is 2.71. The summed E-state index contributed by atoms with van der Waals surface area (Å²) in [5.41, 5.74) is -1.17. The van der Waals surface area contributed by atoms with E-state index in [2.05, 4.69) is 26.1 Å². The Hall–Kier alpha value is -1.54. The van der Waals surface area contributed by atoms with Crippen molar-refractivity contribution >= 4 is 33.5 Å². The molecule has 9 heteroatoms. The van der Waals surface area contributed by atoms with Crippen molar-refractivity contribution in [3.63, 3.8) is 0 Å². The number of carboxylic acids is 1. The molecule has 1 aromatic carbocycles. The number of benzene rings is 1. The van der Waals surface area contributed by atoms with Crippen molar-refractivity contribution in [2.75, 3.05) is 0 Å². The molecule has 4 nitrogen and oxygen atoms in total. The molecule has 0 unspecified atom stereocenters. The number of H-pyrrole nitrogens is 1. The zero-order valence-corrected chi connectivity index (χ0v) is 11.1. The second kappa shape index (κ2) is 4.86. The van der Waals surface area contributed by atoms with Crippen LogP contribution < -0.4 is 0 Å². The number of hydrogen-bond acceptors (Lipinski definition) is 2. The molecule has 0 bridgehead atoms. The Kier molecular flexibility index (Phi) is 3.55. The van der Waals surface area contributed by atoms with Gasteiger partial charge >= 0.3 is 5.97 Å². The number of halogens is 5. The van der Waals surface area contributed by atoms with Crippen molar-refractivity contribution in [2.45, 2.75) is 0 Å². The minimum atomic E-state index is -1.57. The average molecular weight is 355 g/mol. The van der Waals surface area contributed by atoms with Gasteiger partial charge in [0.05, 0.1) is 15.7 Å². The third-order valence-corrected chi connectivity index (χ3v) is 3.35. The molecule has 2 aromatic rings. The Labute approximate surface area is 117 Å². The first-order chi connectivity index (χ1) is 8.84. The Morgan fingerprint density at radius 2 is 1.95 bits per heavy atom. The van der Waals surface area contributed by atoms with Crippen LogP contribution in [0.25, 0.3) is 11.3 Å². The molecule has 19 heavy (non-hydrogen) atoms. The van der Waals surface area contributed by atoms with Gasteiger partial charge in [0.1, 0.15) is 10.7 Å². The lowest BCUT2D eigenvalue weighted by atomic mass is 10.1. The Morgan fingerprint density at radius 3 is 2.47 bits per heavy atom. The molecule has 0 fully saturated rings. The molecule has 0 saturated carbocycles. The zero-order chi connectivity index (χ0) is 14.3. The quantitative estimate of drug-likeness (QED) is 0.639. The number of nitrogens with zero attached hydrogens (tertiary/aromatic N) is 1. The summed E-state index contributed by atoms with van der Waals surface area (Å²) in [7, 11) is 0. The maximum absolute atomic E-state index is 13.7. The first-order valence-corrected chi connectivity index (χ1v) is 5.82. The third kappa shape index (κ3) is 2.21. The van der Waals surface area contributed by atoms with Crippen LogP contribution >= 0.6 is 27.5 Å². The number of nitrogens with one attached hydrogen (secondary N) is 1. The first-order valence-electron chi connectivity index (χ1n) is 4.65. The van der Waals surface area contributed by atoms with E-state index >= 15 is 0 Å². The summed E-state index contributed by atoms with van der Waals surface area (Å²) in [5, 5.41) is 13.3. The molecule has 0 aliphatic rings. The highest BCUT2D eigenvalue weighted by Crippen LogP contribution is 2.37. The fourth-order valence-corrected chi connectivity index (χ4v) is 2.26. The molecule has 0 amide bonds. The van der Waals surface area contributed by atoms with E-state index in [9.17, 15) is 18.0 Å². The highest BCUT2D eigenvalue weighted by atomic mass is 79.9. The van der Waals surface area contributed by atoms with E-state index in [-0.39, 0.29) is 11.4 Å². The molecule has 0 saturated heterocycles. The lowest BCUT2D eigenvalue weighted by molar-refractivity contribution is 0.0690. The molecule has 1 heterocycles. The summed E-state index contributed by atoms with van der Waals surface area (Å²) in [6.45, 7) is 0. The SMILES string of the molecule is O=C(O)c1cc(-c2c(F)c(F)c(Cl)c(F)c2Br)n[nH]1. The number of carboxylic acid groups (broad SMARTS) is 1. The van der Waals surface area contributed by atoms with Gasteiger partial charge in [0.25, 0.3) is 0 Å². The van der Waals surface area contributed by atoms with Crippen molar-refractivity contribution in [1.82, 2.24) is 10.2 Å². The second-order valence-electron chi connectivity index (χ2n) is 3.42. The van der Waals surface area contributed by atoms with Crippen LogP contribution in [0, 0.1) is 17.5 Å². The van der Waals surface area contributed by atoms with Crippen LogP contribution in [0.4, 0.5) is 13.2 Å². The van der Waals surface area contributed by atoms with Gasteiger partial charge in [-0.1, -0.05) is 11.6 Å². The predicted molar refractivity (Wildman–Crippen MR) is 63.6 cm³/mol. The van der Waals surface area contributed by atoms with Gasteiger partial charge in [-0.15, -0.1) is 0 Å². The summed E-state index contributed by atoms with van der Waals surface area (Å²) < 4.78 is 40.2. The highest BCUT2D eigenvalue weighted by molar-refractivity contribution is 9.10. The lowest BCUT2D eigenvalue weighted by Crippen LogP contribution is -1.97. The topological polar surface area (TPSA) is 66.0 Å². The summed E-state index contributed by atoms with van der Waals surface area (Å²) in [4.78, 5) is 10.7.